The molecule has 0 unspecified atom stereocenters. The van der Waals surface area contributed by atoms with Crippen molar-refractivity contribution in [2.75, 3.05) is 13.7 Å². The first-order valence-corrected chi connectivity index (χ1v) is 9.16. The van der Waals surface area contributed by atoms with Gasteiger partial charge < -0.3 is 10.5 Å². The third-order valence-corrected chi connectivity index (χ3v) is 5.14. The summed E-state index contributed by atoms with van der Waals surface area (Å²) in [4.78, 5) is 10.1. The number of benzene rings is 2. The van der Waals surface area contributed by atoms with Crippen LogP contribution < -0.4 is 10.5 Å². The molecule has 0 radical (unpaired) electrons. The summed E-state index contributed by atoms with van der Waals surface area (Å²) in [5.41, 5.74) is 4.98. The Hall–Kier alpha value is -2.21. The number of nitrogens with two attached hydrogens (primary N) is 1. The van der Waals surface area contributed by atoms with E-state index in [0.717, 1.165) is 25.3 Å². The molecule has 0 fully saturated rings. The van der Waals surface area contributed by atoms with Gasteiger partial charge in [0.15, 0.2) is 6.61 Å². The van der Waals surface area contributed by atoms with Gasteiger partial charge in [0, 0.05) is 11.5 Å². The third-order valence-electron chi connectivity index (χ3n) is 3.04. The molecule has 1 amide bonds. The summed E-state index contributed by atoms with van der Waals surface area (Å²) in [7, 11) is -7.61. The van der Waals surface area contributed by atoms with Crippen molar-refractivity contribution in [3.8, 4) is 5.75 Å². The first kappa shape index (κ1) is 18.1. The number of fused-ring (bicyclic) bond motifs is 1. The van der Waals surface area contributed by atoms with Crippen LogP contribution in [0.25, 0.3) is 10.8 Å². The van der Waals surface area contributed by atoms with Crippen molar-refractivity contribution < 1.29 is 35.1 Å². The van der Waals surface area contributed by atoms with Crippen LogP contribution in [-0.4, -0.2) is 41.0 Å². The van der Waals surface area contributed by atoms with E-state index in [-0.39, 0.29) is 16.0 Å². The monoisotopic (exact) mass is 375 g/mol. The molecule has 24 heavy (non-hydrogen) atoms. The van der Waals surface area contributed by atoms with Crippen LogP contribution in [0.15, 0.2) is 40.1 Å². The minimum atomic E-state index is -4.59. The molecule has 0 atom stereocenters. The maximum Gasteiger partial charge on any atom is 0.296 e. The number of primary amides is 1. The number of rotatable bonds is 6. The molecular formula is C13H13NO8S2. The van der Waals surface area contributed by atoms with Crippen molar-refractivity contribution in [2.24, 2.45) is 5.73 Å². The Morgan fingerprint density at radius 1 is 1.12 bits per heavy atom. The minimum absolute atomic E-state index is 0.0553. The summed E-state index contributed by atoms with van der Waals surface area (Å²) < 4.78 is 65.0. The van der Waals surface area contributed by atoms with E-state index in [1.54, 1.807) is 0 Å². The van der Waals surface area contributed by atoms with Gasteiger partial charge in [0.1, 0.15) is 5.75 Å². The molecule has 0 aliphatic carbocycles. The zero-order valence-corrected chi connectivity index (χ0v) is 13.9. The summed E-state index contributed by atoms with van der Waals surface area (Å²) in [6.45, 7) is -0.526. The van der Waals surface area contributed by atoms with Crippen LogP contribution in [0, 0.1) is 0 Å². The van der Waals surface area contributed by atoms with E-state index in [4.69, 9.17) is 10.5 Å². The molecule has 0 aliphatic heterocycles. The van der Waals surface area contributed by atoms with Gasteiger partial charge in [-0.2, -0.15) is 16.8 Å². The Morgan fingerprint density at radius 3 is 2.29 bits per heavy atom. The lowest BCUT2D eigenvalue weighted by molar-refractivity contribution is -0.119. The minimum Gasteiger partial charge on any atom is -0.483 e. The Kier molecular flexibility index (Phi) is 4.80. The molecule has 0 heterocycles. The molecule has 0 saturated carbocycles. The van der Waals surface area contributed by atoms with E-state index in [1.165, 1.54) is 12.1 Å². The number of hydrogen-bond donors (Lipinski definition) is 2. The fraction of sp³-hybridized carbons (Fsp3) is 0.154. The van der Waals surface area contributed by atoms with Crippen LogP contribution in [-0.2, 0) is 29.2 Å². The van der Waals surface area contributed by atoms with Crippen LogP contribution in [0.4, 0.5) is 0 Å². The van der Waals surface area contributed by atoms with Crippen molar-refractivity contribution in [2.45, 2.75) is 9.79 Å². The summed E-state index contributed by atoms with van der Waals surface area (Å²) in [6, 6.07) is 5.80. The lowest BCUT2D eigenvalue weighted by Crippen LogP contribution is -2.20. The third kappa shape index (κ3) is 3.82. The predicted molar refractivity (Wildman–Crippen MR) is 82.6 cm³/mol. The Balaban J connectivity index is 2.73. The standard InChI is InChI=1S/C13H13NO8S2/c1-21-24(19,20)9-2-3-11-8(4-9)5-10(23(16,17)18)6-12(11)22-7-13(14)15/h2-6H,7H2,1H3,(H2,14,15)(H,16,17,18). The zero-order chi connectivity index (χ0) is 18.1. The molecule has 2 rings (SSSR count). The number of carbonyl (C=O) groups excluding carboxylic acids is 1. The van der Waals surface area contributed by atoms with Crippen LogP contribution in [0.2, 0.25) is 0 Å². The highest BCUT2D eigenvalue weighted by Gasteiger charge is 2.18. The second-order valence-electron chi connectivity index (χ2n) is 4.66. The van der Waals surface area contributed by atoms with Crippen molar-refractivity contribution in [1.29, 1.82) is 0 Å². The SMILES string of the molecule is COS(=O)(=O)c1ccc2c(OCC(N)=O)cc(S(=O)(=O)O)cc2c1. The molecule has 2 aromatic carbocycles. The van der Waals surface area contributed by atoms with Gasteiger partial charge in [-0.15, -0.1) is 0 Å². The zero-order valence-electron chi connectivity index (χ0n) is 12.3. The van der Waals surface area contributed by atoms with E-state index in [1.807, 2.05) is 0 Å². The van der Waals surface area contributed by atoms with Gasteiger partial charge in [0.2, 0.25) is 0 Å². The first-order valence-electron chi connectivity index (χ1n) is 6.31. The average molecular weight is 375 g/mol. The van der Waals surface area contributed by atoms with Gasteiger partial charge in [-0.05, 0) is 29.7 Å². The summed E-state index contributed by atoms with van der Waals surface area (Å²) in [5.74, 6) is -0.848. The largest absolute Gasteiger partial charge is 0.483 e. The Labute approximate surface area is 137 Å². The highest BCUT2D eigenvalue weighted by Crippen LogP contribution is 2.31. The van der Waals surface area contributed by atoms with E-state index in [9.17, 15) is 26.2 Å². The average Bonchev–Trinajstić information content (AvgIpc) is 2.50. The Morgan fingerprint density at radius 2 is 1.75 bits per heavy atom. The van der Waals surface area contributed by atoms with Gasteiger partial charge in [-0.1, -0.05) is 0 Å². The van der Waals surface area contributed by atoms with Crippen LogP contribution in [0.5, 0.6) is 5.75 Å². The molecule has 0 aromatic heterocycles. The van der Waals surface area contributed by atoms with E-state index in [0.29, 0.717) is 5.39 Å². The maximum absolute atomic E-state index is 11.7. The second-order valence-corrected chi connectivity index (χ2v) is 7.79. The molecule has 130 valence electrons. The smallest absolute Gasteiger partial charge is 0.296 e. The summed E-state index contributed by atoms with van der Waals surface area (Å²) >= 11 is 0. The summed E-state index contributed by atoms with van der Waals surface area (Å²) in [6.07, 6.45) is 0. The fourth-order valence-electron chi connectivity index (χ4n) is 1.96. The quantitative estimate of drug-likeness (QED) is 0.540. The molecule has 2 aromatic rings. The van der Waals surface area contributed by atoms with Crippen LogP contribution >= 0.6 is 0 Å². The molecule has 9 nitrogen and oxygen atoms in total. The van der Waals surface area contributed by atoms with Crippen molar-refractivity contribution in [3.63, 3.8) is 0 Å². The van der Waals surface area contributed by atoms with Gasteiger partial charge in [0.25, 0.3) is 26.1 Å². The number of carbonyl (C=O) groups is 1. The molecule has 0 bridgehead atoms. The molecule has 0 spiro atoms. The molecule has 0 saturated heterocycles. The molecule has 11 heteroatoms. The highest BCUT2D eigenvalue weighted by atomic mass is 32.2. The Bertz CT molecular complexity index is 1010. The highest BCUT2D eigenvalue weighted by molar-refractivity contribution is 7.86. The van der Waals surface area contributed by atoms with Gasteiger partial charge in [-0.3, -0.25) is 13.5 Å². The van der Waals surface area contributed by atoms with Crippen LogP contribution in [0.1, 0.15) is 0 Å². The molecular weight excluding hydrogens is 362 g/mol. The van der Waals surface area contributed by atoms with E-state index >= 15 is 0 Å². The van der Waals surface area contributed by atoms with Crippen molar-refractivity contribution in [1.82, 2.24) is 0 Å². The van der Waals surface area contributed by atoms with Crippen LogP contribution in [0.3, 0.4) is 0 Å². The van der Waals surface area contributed by atoms with E-state index < -0.39 is 37.6 Å². The fourth-order valence-corrected chi connectivity index (χ4v) is 3.19. The van der Waals surface area contributed by atoms with Crippen molar-refractivity contribution in [3.05, 3.63) is 30.3 Å². The first-order chi connectivity index (χ1) is 11.0. The number of hydrogen-bond acceptors (Lipinski definition) is 7. The lowest BCUT2D eigenvalue weighted by atomic mass is 10.1. The predicted octanol–water partition coefficient (Wildman–Crippen LogP) is 0.286. The normalized spacial score (nSPS) is 12.2. The second kappa shape index (κ2) is 6.36. The number of amides is 1. The van der Waals surface area contributed by atoms with E-state index in [2.05, 4.69) is 4.18 Å². The van der Waals surface area contributed by atoms with Gasteiger partial charge >= 0.3 is 0 Å². The lowest BCUT2D eigenvalue weighted by Gasteiger charge is -2.11. The van der Waals surface area contributed by atoms with Gasteiger partial charge in [-0.25, -0.2) is 0 Å². The summed E-state index contributed by atoms with van der Waals surface area (Å²) in [5, 5.41) is 0.460. The molecule has 0 aliphatic rings. The maximum atomic E-state index is 11.7. The molecule has 3 N–H and O–H groups in total. The number of ether oxygens (including phenoxy) is 1. The van der Waals surface area contributed by atoms with Crippen molar-refractivity contribution >= 4 is 36.9 Å². The topological polar surface area (TPSA) is 150 Å². The van der Waals surface area contributed by atoms with Gasteiger partial charge in [0.05, 0.1) is 16.9 Å².